The molecule has 0 aliphatic heterocycles. The molecule has 2 rings (SSSR count). The van der Waals surface area contributed by atoms with Crippen LogP contribution >= 0.6 is 23.2 Å². The highest BCUT2D eigenvalue weighted by atomic mass is 35.5. The first-order valence-electron chi connectivity index (χ1n) is 4.43. The van der Waals surface area contributed by atoms with Crippen molar-refractivity contribution < 1.29 is 0 Å². The Balaban J connectivity index is 2.51. The van der Waals surface area contributed by atoms with Gasteiger partial charge in [-0.2, -0.15) is 5.26 Å². The van der Waals surface area contributed by atoms with Crippen LogP contribution in [-0.4, -0.2) is 15.0 Å². The van der Waals surface area contributed by atoms with Crippen LogP contribution in [0.5, 0.6) is 0 Å². The summed E-state index contributed by atoms with van der Waals surface area (Å²) in [5.74, 6) is 0. The van der Waals surface area contributed by atoms with Gasteiger partial charge < -0.3 is 0 Å². The fourth-order valence-electron chi connectivity index (χ4n) is 1.35. The zero-order valence-corrected chi connectivity index (χ0v) is 9.57. The maximum atomic E-state index is 8.63. The van der Waals surface area contributed by atoms with Crippen molar-refractivity contribution in [2.75, 3.05) is 0 Å². The minimum atomic E-state index is 0.133. The first kappa shape index (κ1) is 10.9. The molecular weight excluding hydrogens is 247 g/mol. The Kier molecular flexibility index (Phi) is 3.09. The summed E-state index contributed by atoms with van der Waals surface area (Å²) in [6, 6.07) is 7.15. The van der Waals surface area contributed by atoms with Gasteiger partial charge in [0.2, 0.25) is 0 Å². The van der Waals surface area contributed by atoms with Gasteiger partial charge in [0.15, 0.2) is 0 Å². The van der Waals surface area contributed by atoms with E-state index in [0.717, 1.165) is 5.56 Å². The second-order valence-corrected chi connectivity index (χ2v) is 3.90. The standard InChI is InChI=1S/C10H6Cl2N4/c11-7-1-2-8(9(12)5-7)10-6-14-15-16(10)4-3-13/h1-2,5-6H,4H2. The maximum Gasteiger partial charge on any atom is 0.130 e. The van der Waals surface area contributed by atoms with Crippen LogP contribution in [0.25, 0.3) is 11.3 Å². The molecule has 0 radical (unpaired) electrons. The van der Waals surface area contributed by atoms with E-state index in [1.54, 1.807) is 24.4 Å². The van der Waals surface area contributed by atoms with Crippen molar-refractivity contribution in [3.8, 4) is 17.3 Å². The van der Waals surface area contributed by atoms with Crippen molar-refractivity contribution in [2.45, 2.75) is 6.54 Å². The van der Waals surface area contributed by atoms with Gasteiger partial charge >= 0.3 is 0 Å². The molecule has 0 aliphatic carbocycles. The van der Waals surface area contributed by atoms with Crippen molar-refractivity contribution in [3.63, 3.8) is 0 Å². The number of nitriles is 1. The van der Waals surface area contributed by atoms with Crippen molar-refractivity contribution in [3.05, 3.63) is 34.4 Å². The molecule has 0 aliphatic rings. The molecule has 6 heteroatoms. The van der Waals surface area contributed by atoms with Gasteiger partial charge in [-0.25, -0.2) is 4.68 Å². The SMILES string of the molecule is N#CCn1nncc1-c1ccc(Cl)cc1Cl. The molecule has 16 heavy (non-hydrogen) atoms. The minimum Gasteiger partial charge on any atom is -0.230 e. The lowest BCUT2D eigenvalue weighted by Crippen LogP contribution is -2.00. The number of hydrogen-bond donors (Lipinski definition) is 0. The Morgan fingerprint density at radius 3 is 2.88 bits per heavy atom. The lowest BCUT2D eigenvalue weighted by atomic mass is 10.1. The minimum absolute atomic E-state index is 0.133. The topological polar surface area (TPSA) is 54.5 Å². The summed E-state index contributed by atoms with van der Waals surface area (Å²) in [5, 5.41) is 17.3. The average Bonchev–Trinajstić information content (AvgIpc) is 2.67. The van der Waals surface area contributed by atoms with Crippen molar-refractivity contribution in [1.82, 2.24) is 15.0 Å². The molecular formula is C10H6Cl2N4. The number of benzene rings is 1. The molecule has 0 saturated heterocycles. The first-order chi connectivity index (χ1) is 7.72. The molecule has 80 valence electrons. The molecule has 0 amide bonds. The Bertz CT molecular complexity index is 556. The molecule has 0 saturated carbocycles. The number of aromatic nitrogens is 3. The summed E-state index contributed by atoms with van der Waals surface area (Å²) in [6.45, 7) is 0.133. The van der Waals surface area contributed by atoms with E-state index in [1.807, 2.05) is 6.07 Å². The number of rotatable bonds is 2. The predicted octanol–water partition coefficient (Wildman–Crippen LogP) is 2.78. The molecule has 1 aromatic carbocycles. The smallest absolute Gasteiger partial charge is 0.130 e. The van der Waals surface area contributed by atoms with Crippen LogP contribution in [0.2, 0.25) is 10.0 Å². The second-order valence-electron chi connectivity index (χ2n) is 3.06. The van der Waals surface area contributed by atoms with Gasteiger partial charge in [-0.15, -0.1) is 5.10 Å². The lowest BCUT2D eigenvalue weighted by molar-refractivity contribution is 0.674. The van der Waals surface area contributed by atoms with Crippen LogP contribution in [0, 0.1) is 11.3 Å². The van der Waals surface area contributed by atoms with Gasteiger partial charge in [-0.3, -0.25) is 0 Å². The fourth-order valence-corrected chi connectivity index (χ4v) is 1.85. The maximum absolute atomic E-state index is 8.63. The highest BCUT2D eigenvalue weighted by Gasteiger charge is 2.10. The van der Waals surface area contributed by atoms with Crippen LogP contribution in [0.15, 0.2) is 24.4 Å². The molecule has 0 fully saturated rings. The molecule has 0 atom stereocenters. The van der Waals surface area contributed by atoms with Gasteiger partial charge in [-0.05, 0) is 18.2 Å². The summed E-state index contributed by atoms with van der Waals surface area (Å²) in [7, 11) is 0. The largest absolute Gasteiger partial charge is 0.230 e. The third kappa shape index (κ3) is 2.01. The van der Waals surface area contributed by atoms with E-state index in [9.17, 15) is 0 Å². The first-order valence-corrected chi connectivity index (χ1v) is 5.19. The third-order valence-electron chi connectivity index (χ3n) is 2.05. The summed E-state index contributed by atoms with van der Waals surface area (Å²) in [6.07, 6.45) is 1.56. The summed E-state index contributed by atoms with van der Waals surface area (Å²) >= 11 is 11.9. The van der Waals surface area contributed by atoms with E-state index in [-0.39, 0.29) is 6.54 Å². The third-order valence-corrected chi connectivity index (χ3v) is 2.59. The fraction of sp³-hybridized carbons (Fsp3) is 0.100. The van der Waals surface area contributed by atoms with Crippen molar-refractivity contribution in [1.29, 1.82) is 5.26 Å². The van der Waals surface area contributed by atoms with Crippen molar-refractivity contribution in [2.24, 2.45) is 0 Å². The monoisotopic (exact) mass is 252 g/mol. The van der Waals surface area contributed by atoms with Crippen LogP contribution in [0.1, 0.15) is 0 Å². The van der Waals surface area contributed by atoms with Crippen LogP contribution in [0.4, 0.5) is 0 Å². The molecule has 1 heterocycles. The molecule has 2 aromatic rings. The Labute approximate surface area is 102 Å². The van der Waals surface area contributed by atoms with Crippen LogP contribution in [0.3, 0.4) is 0 Å². The summed E-state index contributed by atoms with van der Waals surface area (Å²) < 4.78 is 1.48. The second kappa shape index (κ2) is 4.52. The van der Waals surface area contributed by atoms with E-state index in [1.165, 1.54) is 4.68 Å². The molecule has 0 N–H and O–H groups in total. The van der Waals surface area contributed by atoms with Crippen LogP contribution in [-0.2, 0) is 6.54 Å². The zero-order chi connectivity index (χ0) is 11.5. The number of halogens is 2. The van der Waals surface area contributed by atoms with E-state index in [0.29, 0.717) is 15.7 Å². The Morgan fingerprint density at radius 1 is 1.38 bits per heavy atom. The Morgan fingerprint density at radius 2 is 2.19 bits per heavy atom. The van der Waals surface area contributed by atoms with E-state index < -0.39 is 0 Å². The average molecular weight is 253 g/mol. The van der Waals surface area contributed by atoms with Gasteiger partial charge in [0.1, 0.15) is 6.54 Å². The quantitative estimate of drug-likeness (QED) is 0.826. The number of hydrogen-bond acceptors (Lipinski definition) is 3. The highest BCUT2D eigenvalue weighted by molar-refractivity contribution is 6.36. The molecule has 1 aromatic heterocycles. The van der Waals surface area contributed by atoms with Crippen molar-refractivity contribution >= 4 is 23.2 Å². The van der Waals surface area contributed by atoms with E-state index in [2.05, 4.69) is 10.3 Å². The molecule has 0 bridgehead atoms. The zero-order valence-electron chi connectivity index (χ0n) is 8.06. The highest BCUT2D eigenvalue weighted by Crippen LogP contribution is 2.29. The van der Waals surface area contributed by atoms with Crippen LogP contribution < -0.4 is 0 Å². The normalized spacial score (nSPS) is 10.1. The summed E-state index contributed by atoms with van der Waals surface area (Å²) in [5.41, 5.74) is 1.45. The number of nitrogens with zero attached hydrogens (tertiary/aromatic N) is 4. The van der Waals surface area contributed by atoms with Gasteiger partial charge in [0, 0.05) is 10.6 Å². The lowest BCUT2D eigenvalue weighted by Gasteiger charge is -2.04. The molecule has 0 spiro atoms. The van der Waals surface area contributed by atoms with E-state index in [4.69, 9.17) is 28.5 Å². The molecule has 0 unspecified atom stereocenters. The predicted molar refractivity (Wildman–Crippen MR) is 61.1 cm³/mol. The van der Waals surface area contributed by atoms with Gasteiger partial charge in [-0.1, -0.05) is 28.4 Å². The summed E-state index contributed by atoms with van der Waals surface area (Å²) in [4.78, 5) is 0. The Hall–Kier alpha value is -1.57. The molecule has 4 nitrogen and oxygen atoms in total. The van der Waals surface area contributed by atoms with Gasteiger partial charge in [0.25, 0.3) is 0 Å². The van der Waals surface area contributed by atoms with E-state index >= 15 is 0 Å². The van der Waals surface area contributed by atoms with Gasteiger partial charge in [0.05, 0.1) is 23.0 Å².